The third-order valence-electron chi connectivity index (χ3n) is 1.96. The van der Waals surface area contributed by atoms with Gasteiger partial charge in [0.15, 0.2) is 0 Å². The Labute approximate surface area is 74.9 Å². The second-order valence-electron chi connectivity index (χ2n) is 3.13. The normalized spacial score (nSPS) is 18.5. The summed E-state index contributed by atoms with van der Waals surface area (Å²) in [5.74, 6) is -0.270. The molecular weight excluding hydrogens is 178 g/mol. The Kier molecular flexibility index (Phi) is 2.32. The molecule has 1 aliphatic heterocycles. The second-order valence-corrected chi connectivity index (χ2v) is 4.18. The van der Waals surface area contributed by atoms with E-state index in [4.69, 9.17) is 5.11 Å². The van der Waals surface area contributed by atoms with Gasteiger partial charge in [0.1, 0.15) is 5.54 Å². The van der Waals surface area contributed by atoms with Gasteiger partial charge in [0, 0.05) is 12.3 Å². The zero-order valence-electron chi connectivity index (χ0n) is 7.03. The average molecular weight is 189 g/mol. The van der Waals surface area contributed by atoms with Gasteiger partial charge in [-0.3, -0.25) is 4.79 Å². The van der Waals surface area contributed by atoms with E-state index < -0.39 is 11.5 Å². The first-order valence-corrected chi connectivity index (χ1v) is 4.62. The van der Waals surface area contributed by atoms with E-state index in [9.17, 15) is 9.59 Å². The van der Waals surface area contributed by atoms with Crippen LogP contribution in [0.5, 0.6) is 0 Å². The Morgan fingerprint density at radius 3 is 2.58 bits per heavy atom. The van der Waals surface area contributed by atoms with Gasteiger partial charge in [-0.1, -0.05) is 11.8 Å². The van der Waals surface area contributed by atoms with E-state index in [1.807, 2.05) is 0 Å². The first-order chi connectivity index (χ1) is 5.46. The molecule has 0 atom stereocenters. The van der Waals surface area contributed by atoms with Crippen LogP contribution in [0.15, 0.2) is 0 Å². The molecule has 1 rings (SSSR count). The SMILES string of the molecule is CC(C)(C(=O)O)N1CCSC1=O. The molecule has 0 bridgehead atoms. The number of thioether (sulfide) groups is 1. The van der Waals surface area contributed by atoms with Crippen molar-refractivity contribution in [2.75, 3.05) is 12.3 Å². The van der Waals surface area contributed by atoms with Crippen molar-refractivity contribution in [3.05, 3.63) is 0 Å². The minimum atomic E-state index is -1.07. The molecule has 0 aromatic heterocycles. The summed E-state index contributed by atoms with van der Waals surface area (Å²) in [4.78, 5) is 23.3. The van der Waals surface area contributed by atoms with E-state index in [2.05, 4.69) is 0 Å². The Morgan fingerprint density at radius 2 is 2.25 bits per heavy atom. The maximum Gasteiger partial charge on any atom is 0.329 e. The van der Waals surface area contributed by atoms with E-state index >= 15 is 0 Å². The highest BCUT2D eigenvalue weighted by molar-refractivity contribution is 8.13. The fraction of sp³-hybridized carbons (Fsp3) is 0.714. The fourth-order valence-electron chi connectivity index (χ4n) is 1.02. The lowest BCUT2D eigenvalue weighted by molar-refractivity contribution is -0.147. The highest BCUT2D eigenvalue weighted by Gasteiger charge is 2.40. The molecule has 0 radical (unpaired) electrons. The van der Waals surface area contributed by atoms with E-state index in [1.54, 1.807) is 13.8 Å². The second kappa shape index (κ2) is 2.97. The fourth-order valence-corrected chi connectivity index (χ4v) is 1.94. The molecule has 0 unspecified atom stereocenters. The van der Waals surface area contributed by atoms with Crippen molar-refractivity contribution < 1.29 is 14.7 Å². The standard InChI is InChI=1S/C7H11NO3S/c1-7(2,5(9)10)8-3-4-12-6(8)11/h3-4H2,1-2H3,(H,9,10). The lowest BCUT2D eigenvalue weighted by atomic mass is 10.0. The number of carbonyl (C=O) groups excluding carboxylic acids is 1. The van der Waals surface area contributed by atoms with Crippen LogP contribution in [0, 0.1) is 0 Å². The predicted molar refractivity (Wildman–Crippen MR) is 46.3 cm³/mol. The number of aliphatic carboxylic acids is 1. The van der Waals surface area contributed by atoms with Gasteiger partial charge in [-0.2, -0.15) is 0 Å². The average Bonchev–Trinajstić information content (AvgIpc) is 2.35. The Hall–Kier alpha value is -0.710. The van der Waals surface area contributed by atoms with Gasteiger partial charge in [0.25, 0.3) is 5.24 Å². The van der Waals surface area contributed by atoms with Crippen molar-refractivity contribution >= 4 is 23.0 Å². The summed E-state index contributed by atoms with van der Waals surface area (Å²) < 4.78 is 0. The minimum Gasteiger partial charge on any atom is -0.480 e. The van der Waals surface area contributed by atoms with Crippen molar-refractivity contribution in [2.24, 2.45) is 0 Å². The van der Waals surface area contributed by atoms with Crippen molar-refractivity contribution in [3.8, 4) is 0 Å². The van der Waals surface area contributed by atoms with E-state index in [0.29, 0.717) is 12.3 Å². The molecule has 1 amide bonds. The van der Waals surface area contributed by atoms with Gasteiger partial charge in [-0.25, -0.2) is 4.79 Å². The van der Waals surface area contributed by atoms with Crippen molar-refractivity contribution in [1.29, 1.82) is 0 Å². The summed E-state index contributed by atoms with van der Waals surface area (Å²) in [5.41, 5.74) is -1.07. The summed E-state index contributed by atoms with van der Waals surface area (Å²) in [6, 6.07) is 0. The minimum absolute atomic E-state index is 0.137. The molecule has 0 saturated carbocycles. The van der Waals surface area contributed by atoms with Gasteiger partial charge >= 0.3 is 5.97 Å². The Morgan fingerprint density at radius 1 is 1.67 bits per heavy atom. The van der Waals surface area contributed by atoms with Crippen LogP contribution >= 0.6 is 11.8 Å². The van der Waals surface area contributed by atoms with Crippen LogP contribution in [0.25, 0.3) is 0 Å². The zero-order chi connectivity index (χ0) is 9.35. The maximum absolute atomic E-state index is 11.2. The molecule has 4 nitrogen and oxygen atoms in total. The molecule has 68 valence electrons. The van der Waals surface area contributed by atoms with Gasteiger partial charge in [0.05, 0.1) is 0 Å². The summed E-state index contributed by atoms with van der Waals surface area (Å²) >= 11 is 1.17. The molecule has 1 saturated heterocycles. The largest absolute Gasteiger partial charge is 0.480 e. The summed E-state index contributed by atoms with van der Waals surface area (Å²) in [6.07, 6.45) is 0. The molecule has 0 aliphatic carbocycles. The third kappa shape index (κ3) is 1.41. The lowest BCUT2D eigenvalue weighted by Gasteiger charge is -2.30. The third-order valence-corrected chi connectivity index (χ3v) is 2.81. The molecule has 1 fully saturated rings. The van der Waals surface area contributed by atoms with Crippen LogP contribution in [0.3, 0.4) is 0 Å². The number of rotatable bonds is 2. The van der Waals surface area contributed by atoms with Crippen LogP contribution < -0.4 is 0 Å². The molecule has 1 heterocycles. The Bertz CT molecular complexity index is 227. The zero-order valence-corrected chi connectivity index (χ0v) is 7.85. The van der Waals surface area contributed by atoms with Gasteiger partial charge < -0.3 is 10.0 Å². The van der Waals surface area contributed by atoms with Crippen molar-refractivity contribution in [1.82, 2.24) is 4.90 Å². The van der Waals surface area contributed by atoms with Gasteiger partial charge in [0.2, 0.25) is 0 Å². The van der Waals surface area contributed by atoms with E-state index in [1.165, 1.54) is 16.7 Å². The molecule has 0 aromatic rings. The number of carbonyl (C=O) groups is 2. The topological polar surface area (TPSA) is 57.6 Å². The van der Waals surface area contributed by atoms with Crippen molar-refractivity contribution in [2.45, 2.75) is 19.4 Å². The summed E-state index contributed by atoms with van der Waals surface area (Å²) in [6.45, 7) is 3.61. The monoisotopic (exact) mass is 189 g/mol. The number of carboxylic acids is 1. The molecule has 0 spiro atoms. The molecule has 5 heteroatoms. The molecule has 12 heavy (non-hydrogen) atoms. The van der Waals surface area contributed by atoms with E-state index in [0.717, 1.165) is 0 Å². The highest BCUT2D eigenvalue weighted by Crippen LogP contribution is 2.26. The molecular formula is C7H11NO3S. The number of hydrogen-bond acceptors (Lipinski definition) is 3. The summed E-state index contributed by atoms with van der Waals surface area (Å²) in [5, 5.41) is 8.68. The van der Waals surface area contributed by atoms with Crippen LogP contribution in [-0.4, -0.2) is 39.1 Å². The number of nitrogens with zero attached hydrogens (tertiary/aromatic N) is 1. The summed E-state index contributed by atoms with van der Waals surface area (Å²) in [7, 11) is 0. The molecule has 1 aliphatic rings. The van der Waals surface area contributed by atoms with Crippen LogP contribution in [0.2, 0.25) is 0 Å². The first kappa shape index (κ1) is 9.38. The lowest BCUT2D eigenvalue weighted by Crippen LogP contribution is -2.50. The predicted octanol–water partition coefficient (Wildman–Crippen LogP) is 1.02. The number of carboxylic acid groups (broad SMARTS) is 1. The quantitative estimate of drug-likeness (QED) is 0.704. The smallest absolute Gasteiger partial charge is 0.329 e. The van der Waals surface area contributed by atoms with Crippen LogP contribution in [0.1, 0.15) is 13.8 Å². The maximum atomic E-state index is 11.2. The number of hydrogen-bond donors (Lipinski definition) is 1. The van der Waals surface area contributed by atoms with Crippen LogP contribution in [-0.2, 0) is 4.79 Å². The van der Waals surface area contributed by atoms with E-state index in [-0.39, 0.29) is 5.24 Å². The Balaban J connectivity index is 2.80. The van der Waals surface area contributed by atoms with Gasteiger partial charge in [-0.15, -0.1) is 0 Å². The molecule has 0 aromatic carbocycles. The first-order valence-electron chi connectivity index (χ1n) is 3.64. The molecule has 1 N–H and O–H groups in total. The van der Waals surface area contributed by atoms with Crippen molar-refractivity contribution in [3.63, 3.8) is 0 Å². The number of amides is 1. The van der Waals surface area contributed by atoms with Gasteiger partial charge in [-0.05, 0) is 13.8 Å². The van der Waals surface area contributed by atoms with Crippen LogP contribution in [0.4, 0.5) is 4.79 Å². The highest BCUT2D eigenvalue weighted by atomic mass is 32.2.